The van der Waals surface area contributed by atoms with Crippen molar-refractivity contribution in [3.63, 3.8) is 0 Å². The van der Waals surface area contributed by atoms with E-state index in [4.69, 9.17) is 11.6 Å². The van der Waals surface area contributed by atoms with Crippen molar-refractivity contribution in [2.75, 3.05) is 38.1 Å². The molecule has 1 unspecified atom stereocenters. The second-order valence-electron chi connectivity index (χ2n) is 6.00. The van der Waals surface area contributed by atoms with Crippen LogP contribution in [0.4, 0.5) is 5.69 Å². The van der Waals surface area contributed by atoms with Crippen LogP contribution in [0.2, 0.25) is 5.02 Å². The molecule has 1 saturated heterocycles. The molecule has 2 aromatic rings. The number of piperazine rings is 1. The number of carbonyl (C=O) groups excluding carboxylic acids is 1. The van der Waals surface area contributed by atoms with Crippen LogP contribution in [0, 0.1) is 0 Å². The lowest BCUT2D eigenvalue weighted by Crippen LogP contribution is -2.49. The van der Waals surface area contributed by atoms with Crippen molar-refractivity contribution in [3.8, 4) is 0 Å². The van der Waals surface area contributed by atoms with Gasteiger partial charge in [-0.25, -0.2) is 0 Å². The molecule has 4 nitrogen and oxygen atoms in total. The van der Waals surface area contributed by atoms with E-state index in [2.05, 4.69) is 10.2 Å². The number of nitrogens with one attached hydrogen (secondary N) is 1. The number of nitrogens with zero attached hydrogens (tertiary/aromatic N) is 2. The van der Waals surface area contributed by atoms with E-state index < -0.39 is 0 Å². The summed E-state index contributed by atoms with van der Waals surface area (Å²) in [5.74, 6) is 0.0835. The van der Waals surface area contributed by atoms with Crippen molar-refractivity contribution in [1.29, 1.82) is 0 Å². The number of hydrogen-bond acceptors (Lipinski definition) is 3. The van der Waals surface area contributed by atoms with Crippen LogP contribution in [0.3, 0.4) is 0 Å². The predicted molar refractivity (Wildman–Crippen MR) is 106 cm³/mol. The Hall–Kier alpha value is -1.59. The Balaban J connectivity index is 0.00000225. The highest BCUT2D eigenvalue weighted by Gasteiger charge is 2.27. The number of anilines is 1. The van der Waals surface area contributed by atoms with Crippen molar-refractivity contribution in [1.82, 2.24) is 10.2 Å². The Bertz CT molecular complexity index is 696. The van der Waals surface area contributed by atoms with Gasteiger partial charge in [-0.05, 0) is 23.8 Å². The third-order valence-electron chi connectivity index (χ3n) is 4.47. The maximum atomic E-state index is 12.7. The van der Waals surface area contributed by atoms with E-state index in [9.17, 15) is 4.79 Å². The van der Waals surface area contributed by atoms with Gasteiger partial charge in [0.1, 0.15) is 0 Å². The quantitative estimate of drug-likeness (QED) is 0.884. The van der Waals surface area contributed by atoms with E-state index in [-0.39, 0.29) is 24.4 Å². The molecule has 0 bridgehead atoms. The van der Waals surface area contributed by atoms with Crippen molar-refractivity contribution in [2.45, 2.75) is 6.04 Å². The molecule has 1 fully saturated rings. The number of carbonyl (C=O) groups is 1. The minimum atomic E-state index is 0. The molecule has 0 aromatic heterocycles. The van der Waals surface area contributed by atoms with Crippen LogP contribution in [0.25, 0.3) is 0 Å². The highest BCUT2D eigenvalue weighted by atomic mass is 35.5. The van der Waals surface area contributed by atoms with Crippen LogP contribution in [-0.2, 0) is 4.79 Å². The monoisotopic (exact) mass is 379 g/mol. The molecular formula is C19H23Cl2N3O. The van der Waals surface area contributed by atoms with Crippen LogP contribution in [0.5, 0.6) is 0 Å². The zero-order valence-corrected chi connectivity index (χ0v) is 15.8. The summed E-state index contributed by atoms with van der Waals surface area (Å²) < 4.78 is 0. The van der Waals surface area contributed by atoms with Gasteiger partial charge in [-0.3, -0.25) is 9.69 Å². The van der Waals surface area contributed by atoms with Crippen molar-refractivity contribution in [2.24, 2.45) is 0 Å². The summed E-state index contributed by atoms with van der Waals surface area (Å²) in [5, 5.41) is 4.15. The average Bonchev–Trinajstić information content (AvgIpc) is 2.63. The van der Waals surface area contributed by atoms with E-state index in [0.29, 0.717) is 6.54 Å². The number of halogens is 2. The highest BCUT2D eigenvalue weighted by Crippen LogP contribution is 2.28. The first kappa shape index (κ1) is 19.7. The standard InChI is InChI=1S/C19H22ClN3O.ClH/c1-22(15-7-3-2-4-8-15)19(24)14-23-12-11-21-13-18(23)16-9-5-6-10-17(16)20;/h2-10,18,21H,11-14H2,1H3;1H. The second-order valence-corrected chi connectivity index (χ2v) is 6.41. The van der Waals surface area contributed by atoms with E-state index in [1.807, 2.05) is 61.6 Å². The van der Waals surface area contributed by atoms with Crippen LogP contribution < -0.4 is 10.2 Å². The van der Waals surface area contributed by atoms with E-state index in [1.54, 1.807) is 4.90 Å². The van der Waals surface area contributed by atoms with Gasteiger partial charge in [0.2, 0.25) is 5.91 Å². The highest BCUT2D eigenvalue weighted by molar-refractivity contribution is 6.31. The lowest BCUT2D eigenvalue weighted by Gasteiger charge is -2.37. The summed E-state index contributed by atoms with van der Waals surface area (Å²) in [6, 6.07) is 17.7. The fraction of sp³-hybridized carbons (Fsp3) is 0.316. The average molecular weight is 380 g/mol. The van der Waals surface area contributed by atoms with Gasteiger partial charge in [0.25, 0.3) is 0 Å². The molecule has 3 rings (SSSR count). The number of benzene rings is 2. The number of hydrogen-bond donors (Lipinski definition) is 1. The van der Waals surface area contributed by atoms with Gasteiger partial charge in [-0.2, -0.15) is 0 Å². The van der Waals surface area contributed by atoms with E-state index in [1.165, 1.54) is 0 Å². The fourth-order valence-corrected chi connectivity index (χ4v) is 3.32. The summed E-state index contributed by atoms with van der Waals surface area (Å²) in [7, 11) is 1.82. The van der Waals surface area contributed by atoms with Gasteiger partial charge in [0.15, 0.2) is 0 Å². The molecule has 1 amide bonds. The molecule has 1 aliphatic rings. The zero-order valence-electron chi connectivity index (χ0n) is 14.2. The molecule has 2 aromatic carbocycles. The lowest BCUT2D eigenvalue weighted by atomic mass is 10.0. The second kappa shape index (κ2) is 9.20. The van der Waals surface area contributed by atoms with E-state index >= 15 is 0 Å². The molecule has 1 heterocycles. The first-order valence-corrected chi connectivity index (χ1v) is 8.55. The summed E-state index contributed by atoms with van der Waals surface area (Å²) >= 11 is 6.37. The minimum Gasteiger partial charge on any atom is -0.314 e. The van der Waals surface area contributed by atoms with Crippen molar-refractivity contribution < 1.29 is 4.79 Å². The molecule has 0 saturated carbocycles. The number of rotatable bonds is 4. The molecule has 1 atom stereocenters. The SMILES string of the molecule is CN(C(=O)CN1CCNCC1c1ccccc1Cl)c1ccccc1.Cl. The molecule has 0 spiro atoms. The Kier molecular flexibility index (Phi) is 7.26. The van der Waals surface area contributed by atoms with Crippen molar-refractivity contribution in [3.05, 3.63) is 65.2 Å². The largest absolute Gasteiger partial charge is 0.314 e. The summed E-state index contributed by atoms with van der Waals surface area (Å²) in [6.07, 6.45) is 0. The number of likely N-dealkylation sites (N-methyl/N-ethyl adjacent to an activating group) is 1. The van der Waals surface area contributed by atoms with E-state index in [0.717, 1.165) is 35.9 Å². The zero-order chi connectivity index (χ0) is 16.9. The van der Waals surface area contributed by atoms with Gasteiger partial charge in [-0.1, -0.05) is 48.0 Å². The first-order chi connectivity index (χ1) is 11.7. The third kappa shape index (κ3) is 4.73. The predicted octanol–water partition coefficient (Wildman–Crippen LogP) is 3.37. The summed E-state index contributed by atoms with van der Waals surface area (Å²) in [6.45, 7) is 2.88. The first-order valence-electron chi connectivity index (χ1n) is 8.17. The summed E-state index contributed by atoms with van der Waals surface area (Å²) in [4.78, 5) is 16.6. The van der Waals surface area contributed by atoms with Crippen LogP contribution in [-0.4, -0.2) is 44.0 Å². The van der Waals surface area contributed by atoms with Crippen LogP contribution in [0.1, 0.15) is 11.6 Å². The third-order valence-corrected chi connectivity index (χ3v) is 4.82. The van der Waals surface area contributed by atoms with Gasteiger partial charge in [-0.15, -0.1) is 12.4 Å². The lowest BCUT2D eigenvalue weighted by molar-refractivity contribution is -0.120. The topological polar surface area (TPSA) is 35.6 Å². The Morgan fingerprint density at radius 3 is 2.60 bits per heavy atom. The van der Waals surface area contributed by atoms with Crippen molar-refractivity contribution >= 4 is 35.6 Å². The van der Waals surface area contributed by atoms with Gasteiger partial charge in [0.05, 0.1) is 6.54 Å². The Morgan fingerprint density at radius 2 is 1.88 bits per heavy atom. The van der Waals surface area contributed by atoms with Gasteiger partial charge in [0, 0.05) is 43.4 Å². The molecule has 1 aliphatic heterocycles. The summed E-state index contributed by atoms with van der Waals surface area (Å²) in [5.41, 5.74) is 1.98. The molecule has 1 N–H and O–H groups in total. The normalized spacial score (nSPS) is 17.6. The Morgan fingerprint density at radius 1 is 1.20 bits per heavy atom. The number of amides is 1. The van der Waals surface area contributed by atoms with Gasteiger partial charge >= 0.3 is 0 Å². The molecule has 6 heteroatoms. The number of para-hydroxylation sites is 1. The van der Waals surface area contributed by atoms with Crippen LogP contribution in [0.15, 0.2) is 54.6 Å². The molecule has 134 valence electrons. The molecule has 0 radical (unpaired) electrons. The Labute approximate surface area is 160 Å². The molecule has 0 aliphatic carbocycles. The minimum absolute atomic E-state index is 0. The maximum absolute atomic E-state index is 12.7. The van der Waals surface area contributed by atoms with Crippen LogP contribution >= 0.6 is 24.0 Å². The smallest absolute Gasteiger partial charge is 0.240 e. The maximum Gasteiger partial charge on any atom is 0.240 e. The van der Waals surface area contributed by atoms with Gasteiger partial charge < -0.3 is 10.2 Å². The fourth-order valence-electron chi connectivity index (χ4n) is 3.06. The molecular weight excluding hydrogens is 357 g/mol. The molecule has 25 heavy (non-hydrogen) atoms.